The maximum absolute atomic E-state index is 11.6. The highest BCUT2D eigenvalue weighted by Crippen LogP contribution is 2.22. The van der Waals surface area contributed by atoms with Crippen LogP contribution >= 0.6 is 0 Å². The molecule has 0 atom stereocenters. The van der Waals surface area contributed by atoms with Crippen LogP contribution in [-0.2, 0) is 4.74 Å². The maximum Gasteiger partial charge on any atom is 0.407 e. The third-order valence-corrected chi connectivity index (χ3v) is 3.44. The van der Waals surface area contributed by atoms with E-state index in [-0.39, 0.29) is 12.1 Å². The molecule has 0 bridgehead atoms. The second kappa shape index (κ2) is 5.38. The molecule has 0 aromatic carbocycles. The van der Waals surface area contributed by atoms with Crippen molar-refractivity contribution in [3.63, 3.8) is 0 Å². The van der Waals surface area contributed by atoms with Crippen LogP contribution in [0.5, 0.6) is 0 Å². The molecule has 1 aromatic heterocycles. The van der Waals surface area contributed by atoms with Crippen LogP contribution in [-0.4, -0.2) is 28.5 Å². The fraction of sp³-hybridized carbons (Fsp3) is 0.667. The summed E-state index contributed by atoms with van der Waals surface area (Å²) in [6.45, 7) is 9.77. The second-order valence-electron chi connectivity index (χ2n) is 6.59. The molecule has 1 aliphatic carbocycles. The lowest BCUT2D eigenvalue weighted by atomic mass is 9.87. The lowest BCUT2D eigenvalue weighted by molar-refractivity contribution is 0.0473. The number of nitrogens with zero attached hydrogens (tertiary/aromatic N) is 1. The van der Waals surface area contributed by atoms with Crippen molar-refractivity contribution in [2.24, 2.45) is 0 Å². The molecular weight excluding hydrogens is 254 g/mol. The molecule has 0 unspecified atom stereocenters. The molecule has 1 saturated carbocycles. The Morgan fingerprint density at radius 2 is 1.75 bits per heavy atom. The Bertz CT molecular complexity index is 462. The van der Waals surface area contributed by atoms with E-state index in [0.717, 1.165) is 12.8 Å². The molecule has 112 valence electrons. The third kappa shape index (κ3) is 3.68. The van der Waals surface area contributed by atoms with Gasteiger partial charge in [-0.15, -0.1) is 0 Å². The van der Waals surface area contributed by atoms with E-state index in [9.17, 15) is 4.79 Å². The largest absolute Gasteiger partial charge is 0.444 e. The van der Waals surface area contributed by atoms with Gasteiger partial charge in [-0.3, -0.25) is 4.68 Å². The van der Waals surface area contributed by atoms with Crippen molar-refractivity contribution in [3.05, 3.63) is 23.5 Å². The zero-order chi connectivity index (χ0) is 14.9. The van der Waals surface area contributed by atoms with Gasteiger partial charge in [0.1, 0.15) is 5.60 Å². The first kappa shape index (κ1) is 14.8. The Labute approximate surface area is 120 Å². The van der Waals surface area contributed by atoms with Gasteiger partial charge in [0, 0.05) is 23.5 Å². The first-order valence-electron chi connectivity index (χ1n) is 7.15. The summed E-state index contributed by atoms with van der Waals surface area (Å²) in [6.07, 6.45) is 1.53. The average Bonchev–Trinajstić information content (AvgIpc) is 2.54. The van der Waals surface area contributed by atoms with Crippen molar-refractivity contribution in [3.8, 4) is 0 Å². The molecule has 1 amide bonds. The number of hydrogen-bond donors (Lipinski definition) is 2. The number of ether oxygens (including phenoxy) is 1. The van der Waals surface area contributed by atoms with Crippen LogP contribution in [0, 0.1) is 13.8 Å². The molecular formula is C15H25N3O2. The summed E-state index contributed by atoms with van der Waals surface area (Å²) in [5.41, 5.74) is 5.43. The van der Waals surface area contributed by atoms with E-state index in [0.29, 0.717) is 6.04 Å². The van der Waals surface area contributed by atoms with Gasteiger partial charge in [-0.2, -0.15) is 0 Å². The minimum atomic E-state index is -0.440. The molecule has 0 radical (unpaired) electrons. The molecule has 2 N–H and O–H groups in total. The molecule has 1 fully saturated rings. The van der Waals surface area contributed by atoms with Crippen LogP contribution in [0.1, 0.15) is 45.0 Å². The Hall–Kier alpha value is -1.65. The third-order valence-electron chi connectivity index (χ3n) is 3.44. The van der Waals surface area contributed by atoms with E-state index in [1.54, 1.807) is 0 Å². The molecule has 5 nitrogen and oxygen atoms in total. The van der Waals surface area contributed by atoms with Crippen LogP contribution in [0.15, 0.2) is 12.1 Å². The molecule has 1 aliphatic rings. The van der Waals surface area contributed by atoms with Crippen molar-refractivity contribution in [1.82, 2.24) is 9.99 Å². The van der Waals surface area contributed by atoms with Crippen molar-refractivity contribution < 1.29 is 9.53 Å². The van der Waals surface area contributed by atoms with E-state index in [1.807, 2.05) is 20.8 Å². The van der Waals surface area contributed by atoms with Crippen LogP contribution in [0.25, 0.3) is 0 Å². The monoisotopic (exact) mass is 279 g/mol. The molecule has 0 saturated heterocycles. The number of amides is 1. The summed E-state index contributed by atoms with van der Waals surface area (Å²) < 4.78 is 7.35. The number of alkyl carbamates (subject to hydrolysis) is 1. The van der Waals surface area contributed by atoms with E-state index >= 15 is 0 Å². The van der Waals surface area contributed by atoms with E-state index < -0.39 is 5.60 Å². The van der Waals surface area contributed by atoms with Gasteiger partial charge in [-0.1, -0.05) is 0 Å². The summed E-state index contributed by atoms with van der Waals surface area (Å²) in [7, 11) is 0. The quantitative estimate of drug-likeness (QED) is 0.894. The van der Waals surface area contributed by atoms with E-state index in [2.05, 4.69) is 41.4 Å². The van der Waals surface area contributed by atoms with Crippen molar-refractivity contribution >= 4 is 6.09 Å². The standard InChI is InChI=1S/C15H25N3O2/c1-10-6-7-11(2)18(10)17-13-8-12(9-13)16-14(19)20-15(3,4)5/h6-7,12-13,17H,8-9H2,1-5H3,(H,16,19). The van der Waals surface area contributed by atoms with Crippen LogP contribution in [0.3, 0.4) is 0 Å². The van der Waals surface area contributed by atoms with Crippen LogP contribution in [0.2, 0.25) is 0 Å². The lowest BCUT2D eigenvalue weighted by Gasteiger charge is -2.37. The molecule has 1 heterocycles. The summed E-state index contributed by atoms with van der Waals surface area (Å²) in [5, 5.41) is 2.90. The van der Waals surface area contributed by atoms with Crippen LogP contribution < -0.4 is 10.7 Å². The van der Waals surface area contributed by atoms with Gasteiger partial charge in [-0.25, -0.2) is 4.79 Å². The minimum Gasteiger partial charge on any atom is -0.444 e. The van der Waals surface area contributed by atoms with Gasteiger partial charge in [0.15, 0.2) is 0 Å². The number of carbonyl (C=O) groups is 1. The Morgan fingerprint density at radius 3 is 2.25 bits per heavy atom. The average molecular weight is 279 g/mol. The number of hydrogen-bond acceptors (Lipinski definition) is 3. The Morgan fingerprint density at radius 1 is 1.20 bits per heavy atom. The number of carbonyl (C=O) groups excluding carboxylic acids is 1. The van der Waals surface area contributed by atoms with Gasteiger partial charge in [-0.05, 0) is 59.6 Å². The molecule has 2 rings (SSSR count). The number of aryl methyl sites for hydroxylation is 2. The van der Waals surface area contributed by atoms with Crippen molar-refractivity contribution in [1.29, 1.82) is 0 Å². The summed E-state index contributed by atoms with van der Waals surface area (Å²) >= 11 is 0. The summed E-state index contributed by atoms with van der Waals surface area (Å²) in [6, 6.07) is 4.80. The topological polar surface area (TPSA) is 55.3 Å². The maximum atomic E-state index is 11.6. The number of rotatable bonds is 3. The highest BCUT2D eigenvalue weighted by molar-refractivity contribution is 5.68. The summed E-state index contributed by atoms with van der Waals surface area (Å²) in [5.74, 6) is 0. The van der Waals surface area contributed by atoms with Crippen molar-refractivity contribution in [2.75, 3.05) is 5.43 Å². The first-order chi connectivity index (χ1) is 9.24. The Kier molecular flexibility index (Phi) is 3.97. The van der Waals surface area contributed by atoms with Gasteiger partial charge in [0.2, 0.25) is 0 Å². The fourth-order valence-corrected chi connectivity index (χ4v) is 2.37. The minimum absolute atomic E-state index is 0.207. The van der Waals surface area contributed by atoms with Gasteiger partial charge < -0.3 is 15.5 Å². The van der Waals surface area contributed by atoms with Crippen LogP contribution in [0.4, 0.5) is 4.79 Å². The molecule has 0 spiro atoms. The molecule has 0 aliphatic heterocycles. The number of nitrogens with one attached hydrogen (secondary N) is 2. The smallest absolute Gasteiger partial charge is 0.407 e. The highest BCUT2D eigenvalue weighted by atomic mass is 16.6. The SMILES string of the molecule is Cc1ccc(C)n1NC1CC(NC(=O)OC(C)(C)C)C1. The van der Waals surface area contributed by atoms with Gasteiger partial charge in [0.25, 0.3) is 0 Å². The number of aromatic nitrogens is 1. The second-order valence-corrected chi connectivity index (χ2v) is 6.59. The summed E-state index contributed by atoms with van der Waals surface area (Å²) in [4.78, 5) is 11.6. The molecule has 5 heteroatoms. The predicted molar refractivity (Wildman–Crippen MR) is 79.4 cm³/mol. The van der Waals surface area contributed by atoms with Gasteiger partial charge in [0.05, 0.1) is 0 Å². The zero-order valence-electron chi connectivity index (χ0n) is 13.0. The van der Waals surface area contributed by atoms with E-state index in [4.69, 9.17) is 4.74 Å². The first-order valence-corrected chi connectivity index (χ1v) is 7.15. The Balaban J connectivity index is 1.74. The van der Waals surface area contributed by atoms with E-state index in [1.165, 1.54) is 11.4 Å². The molecule has 20 heavy (non-hydrogen) atoms. The highest BCUT2D eigenvalue weighted by Gasteiger charge is 2.32. The van der Waals surface area contributed by atoms with Crippen molar-refractivity contribution in [2.45, 2.75) is 65.1 Å². The molecule has 1 aromatic rings. The zero-order valence-corrected chi connectivity index (χ0v) is 13.0. The lowest BCUT2D eigenvalue weighted by Crippen LogP contribution is -2.52. The van der Waals surface area contributed by atoms with Gasteiger partial charge >= 0.3 is 6.09 Å². The normalized spacial score (nSPS) is 22.1. The fourth-order valence-electron chi connectivity index (χ4n) is 2.37. The predicted octanol–water partition coefficient (Wildman–Crippen LogP) is 2.70.